The van der Waals surface area contributed by atoms with Gasteiger partial charge >= 0.3 is 0 Å². The van der Waals surface area contributed by atoms with Crippen LogP contribution in [0.15, 0.2) is 23.3 Å². The summed E-state index contributed by atoms with van der Waals surface area (Å²) in [5.74, 6) is 0. The third-order valence-electron chi connectivity index (χ3n) is 1.28. The molecule has 0 unspecified atom stereocenters. The van der Waals surface area contributed by atoms with Gasteiger partial charge in [0.25, 0.3) is 0 Å². The molecule has 0 bridgehead atoms. The Bertz CT molecular complexity index is 166. The molecule has 0 saturated carbocycles. The quantitative estimate of drug-likeness (QED) is 0.468. The van der Waals surface area contributed by atoms with E-state index in [-0.39, 0.29) is 0 Å². The molecule has 0 aliphatic rings. The van der Waals surface area contributed by atoms with E-state index in [1.54, 1.807) is 26.0 Å². The number of carbonyl (C=O) groups is 2. The van der Waals surface area contributed by atoms with Crippen molar-refractivity contribution in [2.75, 3.05) is 0 Å². The molecule has 0 atom stereocenters. The van der Waals surface area contributed by atoms with Crippen LogP contribution in [0.3, 0.4) is 0 Å². The summed E-state index contributed by atoms with van der Waals surface area (Å²) >= 11 is 0. The zero-order chi connectivity index (χ0) is 9.98. The second kappa shape index (κ2) is 9.82. The Hall–Kier alpha value is -1.18. The first-order valence-corrected chi connectivity index (χ1v) is 3.78. The van der Waals surface area contributed by atoms with E-state index in [9.17, 15) is 9.59 Å². The third-order valence-corrected chi connectivity index (χ3v) is 1.28. The summed E-state index contributed by atoms with van der Waals surface area (Å²) < 4.78 is 0. The van der Waals surface area contributed by atoms with Crippen LogP contribution >= 0.6 is 0 Å². The van der Waals surface area contributed by atoms with Gasteiger partial charge in [0, 0.05) is 0 Å². The lowest BCUT2D eigenvalue weighted by molar-refractivity contribution is -0.105. The van der Waals surface area contributed by atoms with Crippen LogP contribution in [-0.4, -0.2) is 12.6 Å². The van der Waals surface area contributed by atoms with Gasteiger partial charge in [-0.3, -0.25) is 9.59 Å². The molecule has 0 aliphatic heterocycles. The van der Waals surface area contributed by atoms with Gasteiger partial charge in [-0.15, -0.1) is 0 Å². The van der Waals surface area contributed by atoms with Gasteiger partial charge in [0.1, 0.15) is 12.6 Å². The van der Waals surface area contributed by atoms with Crippen LogP contribution in [-0.2, 0) is 9.59 Å². The van der Waals surface area contributed by atoms with Crippen molar-refractivity contribution in [3.63, 3.8) is 0 Å². The molecule has 0 radical (unpaired) electrons. The van der Waals surface area contributed by atoms with Crippen molar-refractivity contribution >= 4 is 12.6 Å². The van der Waals surface area contributed by atoms with Crippen molar-refractivity contribution < 1.29 is 9.59 Å². The van der Waals surface area contributed by atoms with Gasteiger partial charge in [-0.2, -0.15) is 0 Å². The first-order valence-electron chi connectivity index (χ1n) is 3.78. The molecule has 0 aromatic carbocycles. The molecule has 0 saturated heterocycles. The fourth-order valence-electron chi connectivity index (χ4n) is 0.136. The molecule has 0 spiro atoms. The van der Waals surface area contributed by atoms with E-state index >= 15 is 0 Å². The number of hydrogen-bond donors (Lipinski definition) is 0. The highest BCUT2D eigenvalue weighted by atomic mass is 16.1. The minimum absolute atomic E-state index is 0.787. The van der Waals surface area contributed by atoms with E-state index in [4.69, 9.17) is 0 Å². The van der Waals surface area contributed by atoms with Crippen molar-refractivity contribution in [3.05, 3.63) is 23.3 Å². The van der Waals surface area contributed by atoms with Crippen molar-refractivity contribution in [3.8, 4) is 0 Å². The summed E-state index contributed by atoms with van der Waals surface area (Å²) in [7, 11) is 0. The van der Waals surface area contributed by atoms with Gasteiger partial charge in [0.15, 0.2) is 0 Å². The van der Waals surface area contributed by atoms with Gasteiger partial charge in [-0.05, 0) is 38.8 Å². The van der Waals surface area contributed by atoms with Gasteiger partial charge in [0.2, 0.25) is 0 Å². The molecule has 0 fully saturated rings. The summed E-state index contributed by atoms with van der Waals surface area (Å²) in [6.45, 7) is 7.22. The summed E-state index contributed by atoms with van der Waals surface area (Å²) in [6, 6.07) is 0. The summed E-state index contributed by atoms with van der Waals surface area (Å²) in [5, 5.41) is 0. The number of aldehydes is 2. The molecule has 12 heavy (non-hydrogen) atoms. The Morgan fingerprint density at radius 3 is 1.08 bits per heavy atom. The Kier molecular flexibility index (Phi) is 11.0. The van der Waals surface area contributed by atoms with Crippen molar-refractivity contribution in [1.29, 1.82) is 0 Å². The zero-order valence-electron chi connectivity index (χ0n) is 8.13. The van der Waals surface area contributed by atoms with Crippen molar-refractivity contribution in [2.24, 2.45) is 0 Å². The molecular weight excluding hydrogens is 152 g/mol. The van der Waals surface area contributed by atoms with E-state index in [1.165, 1.54) is 0 Å². The van der Waals surface area contributed by atoms with E-state index in [1.807, 2.05) is 13.8 Å². The van der Waals surface area contributed by atoms with E-state index in [0.717, 1.165) is 23.7 Å². The lowest BCUT2D eigenvalue weighted by Gasteiger charge is -1.73. The largest absolute Gasteiger partial charge is 0.298 e. The van der Waals surface area contributed by atoms with Crippen LogP contribution in [0.25, 0.3) is 0 Å². The Morgan fingerprint density at radius 1 is 0.833 bits per heavy atom. The molecule has 2 nitrogen and oxygen atoms in total. The molecule has 0 aliphatic carbocycles. The maximum absolute atomic E-state index is 9.67. The minimum atomic E-state index is 0.787. The third kappa shape index (κ3) is 11.6. The number of allylic oxidation sites excluding steroid dienone is 4. The van der Waals surface area contributed by atoms with Gasteiger partial charge in [0.05, 0.1) is 0 Å². The maximum atomic E-state index is 9.67. The zero-order valence-corrected chi connectivity index (χ0v) is 8.13. The molecule has 0 N–H and O–H groups in total. The Labute approximate surface area is 74.0 Å². The van der Waals surface area contributed by atoms with Gasteiger partial charge in [-0.25, -0.2) is 0 Å². The predicted molar refractivity (Wildman–Crippen MR) is 51.0 cm³/mol. The minimum Gasteiger partial charge on any atom is -0.298 e. The SMILES string of the molecule is C/C=C(\C)C=O.CC=C(C)C=O. The standard InChI is InChI=1S/2C5H8O/c2*1-3-5(2)4-6/h2*3-4H,1-2H3/b5-3+;. The fourth-order valence-corrected chi connectivity index (χ4v) is 0.136. The normalized spacial score (nSPS) is 11.3. The van der Waals surface area contributed by atoms with Crippen molar-refractivity contribution in [1.82, 2.24) is 0 Å². The van der Waals surface area contributed by atoms with Crippen LogP contribution in [0.4, 0.5) is 0 Å². The Balaban J connectivity index is 0. The average molecular weight is 168 g/mol. The lowest BCUT2D eigenvalue weighted by atomic mass is 10.3. The Morgan fingerprint density at radius 2 is 1.08 bits per heavy atom. The fraction of sp³-hybridized carbons (Fsp3) is 0.400. The van der Waals surface area contributed by atoms with Crippen LogP contribution in [0.2, 0.25) is 0 Å². The van der Waals surface area contributed by atoms with Crippen LogP contribution in [0, 0.1) is 0 Å². The number of rotatable bonds is 2. The second-order valence-corrected chi connectivity index (χ2v) is 2.30. The number of carbonyl (C=O) groups excluding carboxylic acids is 2. The summed E-state index contributed by atoms with van der Waals surface area (Å²) in [5.41, 5.74) is 1.57. The highest BCUT2D eigenvalue weighted by Crippen LogP contribution is 1.80. The van der Waals surface area contributed by atoms with E-state index in [0.29, 0.717) is 0 Å². The summed E-state index contributed by atoms with van der Waals surface area (Å²) in [6.07, 6.45) is 5.21. The second-order valence-electron chi connectivity index (χ2n) is 2.30. The smallest absolute Gasteiger partial charge is 0.145 e. The molecule has 0 aromatic heterocycles. The van der Waals surface area contributed by atoms with Crippen molar-refractivity contribution in [2.45, 2.75) is 27.7 Å². The molecule has 0 aromatic rings. The molecular formula is C10H16O2. The first-order chi connectivity index (χ1) is 5.62. The first kappa shape index (κ1) is 13.4. The van der Waals surface area contributed by atoms with Crippen LogP contribution in [0.5, 0.6) is 0 Å². The number of hydrogen-bond acceptors (Lipinski definition) is 2. The van der Waals surface area contributed by atoms with E-state index < -0.39 is 0 Å². The highest BCUT2D eigenvalue weighted by molar-refractivity contribution is 5.72. The monoisotopic (exact) mass is 168 g/mol. The van der Waals surface area contributed by atoms with Gasteiger partial charge in [-0.1, -0.05) is 12.2 Å². The summed E-state index contributed by atoms with van der Waals surface area (Å²) in [4.78, 5) is 19.3. The molecule has 0 heterocycles. The lowest BCUT2D eigenvalue weighted by Crippen LogP contribution is -1.69. The maximum Gasteiger partial charge on any atom is 0.145 e. The van der Waals surface area contributed by atoms with Gasteiger partial charge < -0.3 is 0 Å². The molecule has 0 amide bonds. The van der Waals surface area contributed by atoms with Crippen LogP contribution < -0.4 is 0 Å². The average Bonchev–Trinajstić information content (AvgIpc) is 2.16. The van der Waals surface area contributed by atoms with E-state index in [2.05, 4.69) is 0 Å². The van der Waals surface area contributed by atoms with Crippen LogP contribution in [0.1, 0.15) is 27.7 Å². The molecule has 68 valence electrons. The molecule has 0 rings (SSSR count). The predicted octanol–water partition coefficient (Wildman–Crippen LogP) is 2.30. The highest BCUT2D eigenvalue weighted by Gasteiger charge is 1.72. The molecule has 2 heteroatoms. The topological polar surface area (TPSA) is 34.1 Å².